The molecule has 1 aromatic carbocycles. The third-order valence-electron chi connectivity index (χ3n) is 2.93. The molecule has 0 radical (unpaired) electrons. The normalized spacial score (nSPS) is 11.0. The van der Waals surface area contributed by atoms with Gasteiger partial charge in [-0.05, 0) is 6.07 Å². The maximum atomic E-state index is 13.9. The summed E-state index contributed by atoms with van der Waals surface area (Å²) >= 11 is 0. The molecule has 0 saturated heterocycles. The Balaban J connectivity index is 2.36. The second-order valence-corrected chi connectivity index (χ2v) is 4.22. The maximum absolute atomic E-state index is 13.9. The van der Waals surface area contributed by atoms with Crippen LogP contribution in [0.1, 0.15) is 0 Å². The predicted molar refractivity (Wildman–Crippen MR) is 69.7 cm³/mol. The van der Waals surface area contributed by atoms with Crippen LogP contribution in [0.3, 0.4) is 0 Å². The molecule has 21 heavy (non-hydrogen) atoms. The van der Waals surface area contributed by atoms with Gasteiger partial charge in [0.25, 0.3) is 0 Å². The fraction of sp³-hybridized carbons (Fsp3) is 0.0769. The predicted octanol–water partition coefficient (Wildman–Crippen LogP) is 2.43. The minimum absolute atomic E-state index is 0.135. The minimum Gasteiger partial charge on any atom is -0.481 e. The lowest BCUT2D eigenvalue weighted by atomic mass is 10.2. The number of ether oxygens (including phenoxy) is 1. The number of nitrogens with zero attached hydrogens (tertiary/aromatic N) is 3. The summed E-state index contributed by atoms with van der Waals surface area (Å²) in [6.07, 6.45) is 0. The third kappa shape index (κ3) is 2.04. The minimum atomic E-state index is -1.32. The second kappa shape index (κ2) is 4.65. The zero-order valence-corrected chi connectivity index (χ0v) is 10.8. The van der Waals surface area contributed by atoms with Crippen molar-refractivity contribution in [2.75, 3.05) is 12.8 Å². The van der Waals surface area contributed by atoms with Crippen LogP contribution in [0.4, 0.5) is 19.1 Å². The number of rotatable bonds is 2. The zero-order chi connectivity index (χ0) is 15.1. The Labute approximate surface area is 116 Å². The zero-order valence-electron chi connectivity index (χ0n) is 10.8. The van der Waals surface area contributed by atoms with Gasteiger partial charge in [0.2, 0.25) is 11.8 Å². The lowest BCUT2D eigenvalue weighted by Crippen LogP contribution is -2.06. The van der Waals surface area contributed by atoms with Gasteiger partial charge in [-0.1, -0.05) is 0 Å². The number of fused-ring (bicyclic) bond motifs is 1. The quantitative estimate of drug-likeness (QED) is 0.737. The summed E-state index contributed by atoms with van der Waals surface area (Å²) < 4.78 is 46.6. The molecule has 3 aromatic rings. The number of hydrogen-bond donors (Lipinski definition) is 1. The van der Waals surface area contributed by atoms with E-state index >= 15 is 0 Å². The lowest BCUT2D eigenvalue weighted by molar-refractivity contribution is 0.399. The van der Waals surface area contributed by atoms with Gasteiger partial charge in [0, 0.05) is 18.2 Å². The monoisotopic (exact) mass is 294 g/mol. The SMILES string of the molecule is COc1ccc2nc(N)n(-c3cc(F)cc(F)c3F)c2n1. The molecule has 0 spiro atoms. The van der Waals surface area contributed by atoms with Crippen molar-refractivity contribution in [1.82, 2.24) is 14.5 Å². The summed E-state index contributed by atoms with van der Waals surface area (Å²) in [4.78, 5) is 8.05. The van der Waals surface area contributed by atoms with Crippen molar-refractivity contribution in [3.05, 3.63) is 41.7 Å². The first kappa shape index (κ1) is 13.2. The van der Waals surface area contributed by atoms with Crippen molar-refractivity contribution in [1.29, 1.82) is 0 Å². The molecule has 0 saturated carbocycles. The molecule has 0 bridgehead atoms. The fourth-order valence-electron chi connectivity index (χ4n) is 2.01. The van der Waals surface area contributed by atoms with Crippen LogP contribution >= 0.6 is 0 Å². The number of anilines is 1. The molecule has 0 aliphatic carbocycles. The van der Waals surface area contributed by atoms with Crippen LogP contribution in [0.15, 0.2) is 24.3 Å². The third-order valence-corrected chi connectivity index (χ3v) is 2.93. The van der Waals surface area contributed by atoms with Crippen LogP contribution in [-0.2, 0) is 0 Å². The van der Waals surface area contributed by atoms with Crippen LogP contribution < -0.4 is 10.5 Å². The average molecular weight is 294 g/mol. The molecular formula is C13H9F3N4O. The standard InChI is InChI=1S/C13H9F3N4O/c1-21-10-3-2-8-12(19-10)20(13(17)18-8)9-5-6(14)4-7(15)11(9)16/h2-5H,1H3,(H2,17,18). The molecule has 0 amide bonds. The van der Waals surface area contributed by atoms with Crippen molar-refractivity contribution in [3.63, 3.8) is 0 Å². The van der Waals surface area contributed by atoms with E-state index in [2.05, 4.69) is 9.97 Å². The van der Waals surface area contributed by atoms with Gasteiger partial charge in [0.1, 0.15) is 11.3 Å². The smallest absolute Gasteiger partial charge is 0.215 e. The van der Waals surface area contributed by atoms with E-state index in [1.165, 1.54) is 7.11 Å². The highest BCUT2D eigenvalue weighted by Crippen LogP contribution is 2.27. The van der Waals surface area contributed by atoms with Crippen LogP contribution in [0.2, 0.25) is 0 Å². The van der Waals surface area contributed by atoms with Gasteiger partial charge in [-0.15, -0.1) is 0 Å². The molecular weight excluding hydrogens is 285 g/mol. The number of pyridine rings is 1. The Hall–Kier alpha value is -2.77. The van der Waals surface area contributed by atoms with Gasteiger partial charge in [-0.3, -0.25) is 4.57 Å². The van der Waals surface area contributed by atoms with E-state index < -0.39 is 23.1 Å². The molecule has 108 valence electrons. The van der Waals surface area contributed by atoms with Gasteiger partial charge in [0.15, 0.2) is 17.3 Å². The van der Waals surface area contributed by atoms with E-state index in [1.807, 2.05) is 0 Å². The average Bonchev–Trinajstić information content (AvgIpc) is 2.77. The summed E-state index contributed by atoms with van der Waals surface area (Å²) in [5.41, 5.74) is 5.78. The number of aromatic nitrogens is 3. The highest BCUT2D eigenvalue weighted by Gasteiger charge is 2.19. The summed E-state index contributed by atoms with van der Waals surface area (Å²) in [5, 5.41) is 0. The molecule has 0 unspecified atom stereocenters. The van der Waals surface area contributed by atoms with Gasteiger partial charge in [-0.25, -0.2) is 18.2 Å². The van der Waals surface area contributed by atoms with Gasteiger partial charge in [-0.2, -0.15) is 4.98 Å². The molecule has 0 fully saturated rings. The van der Waals surface area contributed by atoms with Crippen molar-refractivity contribution in [2.24, 2.45) is 0 Å². The second-order valence-electron chi connectivity index (χ2n) is 4.22. The highest BCUT2D eigenvalue weighted by molar-refractivity contribution is 5.77. The van der Waals surface area contributed by atoms with E-state index in [4.69, 9.17) is 10.5 Å². The lowest BCUT2D eigenvalue weighted by Gasteiger charge is -2.08. The van der Waals surface area contributed by atoms with E-state index in [0.717, 1.165) is 10.6 Å². The summed E-state index contributed by atoms with van der Waals surface area (Å²) in [5.74, 6) is -3.41. The Morgan fingerprint density at radius 1 is 1.14 bits per heavy atom. The molecule has 3 rings (SSSR count). The topological polar surface area (TPSA) is 66.0 Å². The molecule has 0 aliphatic heterocycles. The van der Waals surface area contributed by atoms with E-state index in [1.54, 1.807) is 12.1 Å². The molecule has 2 heterocycles. The highest BCUT2D eigenvalue weighted by atomic mass is 19.2. The number of imidazole rings is 1. The van der Waals surface area contributed by atoms with Crippen molar-refractivity contribution < 1.29 is 17.9 Å². The Bertz CT molecular complexity index is 847. The maximum Gasteiger partial charge on any atom is 0.215 e. The molecule has 0 atom stereocenters. The first-order valence-corrected chi connectivity index (χ1v) is 5.85. The number of hydrogen-bond acceptors (Lipinski definition) is 4. The van der Waals surface area contributed by atoms with Crippen LogP contribution in [0, 0.1) is 17.5 Å². The summed E-state index contributed by atoms with van der Waals surface area (Å²) in [7, 11) is 1.40. The van der Waals surface area contributed by atoms with Crippen molar-refractivity contribution >= 4 is 17.1 Å². The van der Waals surface area contributed by atoms with Crippen LogP contribution in [-0.4, -0.2) is 21.6 Å². The van der Waals surface area contributed by atoms with Crippen LogP contribution in [0.5, 0.6) is 5.88 Å². The number of nitrogen functional groups attached to an aromatic ring is 1. The first-order chi connectivity index (χ1) is 10.0. The van der Waals surface area contributed by atoms with Crippen molar-refractivity contribution in [3.8, 4) is 11.6 Å². The number of halogens is 3. The molecule has 5 nitrogen and oxygen atoms in total. The van der Waals surface area contributed by atoms with Crippen molar-refractivity contribution in [2.45, 2.75) is 0 Å². The number of nitrogens with two attached hydrogens (primary N) is 1. The Morgan fingerprint density at radius 3 is 2.62 bits per heavy atom. The van der Waals surface area contributed by atoms with Gasteiger partial charge >= 0.3 is 0 Å². The molecule has 2 aromatic heterocycles. The van der Waals surface area contributed by atoms with Gasteiger partial charge < -0.3 is 10.5 Å². The fourth-order valence-corrected chi connectivity index (χ4v) is 2.01. The Kier molecular flexibility index (Phi) is 2.93. The van der Waals surface area contributed by atoms with E-state index in [-0.39, 0.29) is 17.5 Å². The van der Waals surface area contributed by atoms with Gasteiger partial charge in [0.05, 0.1) is 12.8 Å². The molecule has 0 aliphatic rings. The van der Waals surface area contributed by atoms with E-state index in [0.29, 0.717) is 11.6 Å². The van der Waals surface area contributed by atoms with E-state index in [9.17, 15) is 13.2 Å². The molecule has 8 heteroatoms. The Morgan fingerprint density at radius 2 is 1.90 bits per heavy atom. The first-order valence-electron chi connectivity index (χ1n) is 5.85. The summed E-state index contributed by atoms with van der Waals surface area (Å²) in [6.45, 7) is 0. The summed E-state index contributed by atoms with van der Waals surface area (Å²) in [6, 6.07) is 4.36. The largest absolute Gasteiger partial charge is 0.481 e. The molecule has 2 N–H and O–H groups in total. The number of benzene rings is 1. The van der Waals surface area contributed by atoms with Crippen LogP contribution in [0.25, 0.3) is 16.9 Å². The number of methoxy groups -OCH3 is 1.